The van der Waals surface area contributed by atoms with Crippen LogP contribution in [0.1, 0.15) is 32.3 Å². The molecule has 1 atom stereocenters. The number of aryl methyl sites for hydroxylation is 1. The highest BCUT2D eigenvalue weighted by molar-refractivity contribution is 6.06. The number of rotatable bonds is 10. The first kappa shape index (κ1) is 21.7. The van der Waals surface area contributed by atoms with Gasteiger partial charge >= 0.3 is 6.03 Å². The van der Waals surface area contributed by atoms with Gasteiger partial charge in [-0.25, -0.2) is 9.69 Å². The molecule has 1 aromatic carbocycles. The molecule has 1 aromatic rings. The largest absolute Gasteiger partial charge is 0.497 e. The number of benzene rings is 1. The van der Waals surface area contributed by atoms with Crippen molar-refractivity contribution < 1.29 is 19.1 Å². The summed E-state index contributed by atoms with van der Waals surface area (Å²) in [7, 11) is 3.32. The van der Waals surface area contributed by atoms with Gasteiger partial charge in [0.1, 0.15) is 11.3 Å². The van der Waals surface area contributed by atoms with Crippen LogP contribution in [0.3, 0.4) is 0 Å². The van der Waals surface area contributed by atoms with E-state index < -0.39 is 11.6 Å². The van der Waals surface area contributed by atoms with Gasteiger partial charge in [-0.2, -0.15) is 0 Å². The Labute approximate surface area is 166 Å². The summed E-state index contributed by atoms with van der Waals surface area (Å²) >= 11 is 0. The summed E-state index contributed by atoms with van der Waals surface area (Å²) in [5.41, 5.74) is 0.106. The second kappa shape index (κ2) is 9.54. The molecule has 8 heteroatoms. The Morgan fingerprint density at radius 3 is 2.57 bits per heavy atom. The summed E-state index contributed by atoms with van der Waals surface area (Å²) in [4.78, 5) is 39.8. The van der Waals surface area contributed by atoms with Crippen molar-refractivity contribution in [3.63, 3.8) is 0 Å². The van der Waals surface area contributed by atoms with Gasteiger partial charge in [0.2, 0.25) is 5.91 Å². The summed E-state index contributed by atoms with van der Waals surface area (Å²) in [6.07, 6.45) is 1.99. The fourth-order valence-electron chi connectivity index (χ4n) is 3.09. The lowest BCUT2D eigenvalue weighted by Crippen LogP contribution is -2.46. The number of methoxy groups -OCH3 is 1. The monoisotopic (exact) mass is 390 g/mol. The van der Waals surface area contributed by atoms with Crippen molar-refractivity contribution >= 4 is 17.8 Å². The second-order valence-electron chi connectivity index (χ2n) is 7.35. The van der Waals surface area contributed by atoms with Crippen molar-refractivity contribution in [2.24, 2.45) is 0 Å². The molecule has 28 heavy (non-hydrogen) atoms. The van der Waals surface area contributed by atoms with Gasteiger partial charge in [0.25, 0.3) is 5.91 Å². The minimum Gasteiger partial charge on any atom is -0.497 e. The lowest BCUT2D eigenvalue weighted by molar-refractivity contribution is -0.133. The Balaban J connectivity index is 1.92. The van der Waals surface area contributed by atoms with E-state index in [0.717, 1.165) is 17.7 Å². The Bertz CT molecular complexity index is 707. The molecule has 0 unspecified atom stereocenters. The molecule has 0 radical (unpaired) electrons. The minimum atomic E-state index is -0.956. The highest BCUT2D eigenvalue weighted by Crippen LogP contribution is 2.24. The van der Waals surface area contributed by atoms with E-state index in [1.165, 1.54) is 4.90 Å². The molecule has 2 N–H and O–H groups in total. The Kier molecular flexibility index (Phi) is 7.39. The van der Waals surface area contributed by atoms with Gasteiger partial charge in [-0.1, -0.05) is 19.1 Å². The van der Waals surface area contributed by atoms with Gasteiger partial charge < -0.3 is 15.4 Å². The first-order valence-electron chi connectivity index (χ1n) is 9.51. The molecule has 4 amide bonds. The van der Waals surface area contributed by atoms with E-state index in [4.69, 9.17) is 4.74 Å². The van der Waals surface area contributed by atoms with Crippen LogP contribution in [-0.4, -0.2) is 67.1 Å². The molecule has 0 aliphatic carbocycles. The van der Waals surface area contributed by atoms with Crippen molar-refractivity contribution in [1.29, 1.82) is 0 Å². The van der Waals surface area contributed by atoms with Gasteiger partial charge in [-0.05, 0) is 50.9 Å². The molecule has 154 valence electrons. The van der Waals surface area contributed by atoms with E-state index >= 15 is 0 Å². The fraction of sp³-hybridized carbons (Fsp3) is 0.550. The molecule has 1 heterocycles. The second-order valence-corrected chi connectivity index (χ2v) is 7.35. The highest BCUT2D eigenvalue weighted by atomic mass is 16.5. The van der Waals surface area contributed by atoms with Gasteiger partial charge in [0.05, 0.1) is 20.3 Å². The average molecular weight is 390 g/mol. The lowest BCUT2D eigenvalue weighted by Gasteiger charge is -2.24. The molecule has 8 nitrogen and oxygen atoms in total. The van der Waals surface area contributed by atoms with Crippen molar-refractivity contribution in [2.75, 3.05) is 33.9 Å². The molecule has 0 bridgehead atoms. The van der Waals surface area contributed by atoms with Crippen LogP contribution in [0.2, 0.25) is 0 Å². The third-order valence-corrected chi connectivity index (χ3v) is 4.79. The maximum Gasteiger partial charge on any atom is 0.326 e. The maximum atomic E-state index is 12.8. The van der Waals surface area contributed by atoms with Crippen LogP contribution in [-0.2, 0) is 16.0 Å². The van der Waals surface area contributed by atoms with E-state index in [0.29, 0.717) is 19.4 Å². The number of likely N-dealkylation sites (N-methyl/N-ethyl adjacent to an activating group) is 1. The zero-order chi connectivity index (χ0) is 20.7. The van der Waals surface area contributed by atoms with E-state index in [1.807, 2.05) is 31.2 Å². The number of imide groups is 1. The molecule has 2 rings (SSSR count). The van der Waals surface area contributed by atoms with Crippen molar-refractivity contribution in [3.8, 4) is 5.75 Å². The Morgan fingerprint density at radius 2 is 1.96 bits per heavy atom. The number of carbonyl (C=O) groups is 3. The fourth-order valence-corrected chi connectivity index (χ4v) is 3.09. The number of amides is 4. The van der Waals surface area contributed by atoms with Gasteiger partial charge in [-0.15, -0.1) is 0 Å². The number of nitrogens with zero attached hydrogens (tertiary/aromatic N) is 2. The standard InChI is InChI=1S/C20H30N4O4/c1-5-12-21-17(25)13-23(3)14-24-18(26)20(2,22-19(24)27)11-10-15-6-8-16(28-4)9-7-15/h6-9H,5,10-14H2,1-4H3,(H,21,25)(H,22,27)/t20-/m0/s1. The van der Waals surface area contributed by atoms with Crippen LogP contribution in [0, 0.1) is 0 Å². The van der Waals surface area contributed by atoms with Crippen molar-refractivity contribution in [3.05, 3.63) is 29.8 Å². The number of hydrogen-bond acceptors (Lipinski definition) is 5. The summed E-state index contributed by atoms with van der Waals surface area (Å²) in [6.45, 7) is 4.52. The van der Waals surface area contributed by atoms with Gasteiger partial charge in [0.15, 0.2) is 0 Å². The summed E-state index contributed by atoms with van der Waals surface area (Å²) in [6, 6.07) is 7.21. The minimum absolute atomic E-state index is 0.0718. The Morgan fingerprint density at radius 1 is 1.29 bits per heavy atom. The van der Waals surface area contributed by atoms with Crippen LogP contribution >= 0.6 is 0 Å². The number of carbonyl (C=O) groups excluding carboxylic acids is 3. The van der Waals surface area contributed by atoms with Gasteiger partial charge in [0, 0.05) is 6.54 Å². The average Bonchev–Trinajstić information content (AvgIpc) is 2.88. The summed E-state index contributed by atoms with van der Waals surface area (Å²) in [5, 5.41) is 5.58. The van der Waals surface area contributed by atoms with E-state index in [-0.39, 0.29) is 25.0 Å². The molecule has 0 saturated carbocycles. The van der Waals surface area contributed by atoms with E-state index in [2.05, 4.69) is 10.6 Å². The summed E-state index contributed by atoms with van der Waals surface area (Å²) in [5.74, 6) is 0.378. The number of ether oxygens (including phenoxy) is 1. The Hall–Kier alpha value is -2.61. The molecule has 1 saturated heterocycles. The van der Waals surface area contributed by atoms with Crippen LogP contribution in [0.5, 0.6) is 5.75 Å². The third kappa shape index (κ3) is 5.45. The predicted molar refractivity (Wildman–Crippen MR) is 106 cm³/mol. The van der Waals surface area contributed by atoms with Crippen LogP contribution in [0.25, 0.3) is 0 Å². The molecule has 0 aromatic heterocycles. The van der Waals surface area contributed by atoms with Gasteiger partial charge in [-0.3, -0.25) is 14.5 Å². The van der Waals surface area contributed by atoms with E-state index in [1.54, 1.807) is 26.0 Å². The van der Waals surface area contributed by atoms with Crippen molar-refractivity contribution in [2.45, 2.75) is 38.6 Å². The normalized spacial score (nSPS) is 19.1. The molecular weight excluding hydrogens is 360 g/mol. The first-order chi connectivity index (χ1) is 13.3. The van der Waals surface area contributed by atoms with Crippen LogP contribution in [0.4, 0.5) is 4.79 Å². The van der Waals surface area contributed by atoms with Crippen molar-refractivity contribution in [1.82, 2.24) is 20.4 Å². The van der Waals surface area contributed by atoms with Crippen LogP contribution < -0.4 is 15.4 Å². The smallest absolute Gasteiger partial charge is 0.326 e. The molecule has 1 aliphatic heterocycles. The number of urea groups is 1. The van der Waals surface area contributed by atoms with Crippen LogP contribution in [0.15, 0.2) is 24.3 Å². The third-order valence-electron chi connectivity index (χ3n) is 4.79. The summed E-state index contributed by atoms with van der Waals surface area (Å²) < 4.78 is 5.15. The quantitative estimate of drug-likeness (QED) is 0.589. The first-order valence-corrected chi connectivity index (χ1v) is 9.51. The molecule has 0 spiro atoms. The highest BCUT2D eigenvalue weighted by Gasteiger charge is 2.47. The topological polar surface area (TPSA) is 91.0 Å². The SMILES string of the molecule is CCCNC(=O)CN(C)CN1C(=O)N[C@@](C)(CCc2ccc(OC)cc2)C1=O. The predicted octanol–water partition coefficient (Wildman–Crippen LogP) is 1.35. The maximum absolute atomic E-state index is 12.8. The molecular formula is C20H30N4O4. The zero-order valence-electron chi connectivity index (χ0n) is 17.1. The molecule has 1 fully saturated rings. The zero-order valence-corrected chi connectivity index (χ0v) is 17.1. The lowest BCUT2D eigenvalue weighted by atomic mass is 9.93. The number of hydrogen-bond donors (Lipinski definition) is 2. The molecule has 1 aliphatic rings. The van der Waals surface area contributed by atoms with E-state index in [9.17, 15) is 14.4 Å². The number of nitrogens with one attached hydrogen (secondary N) is 2.